The van der Waals surface area contributed by atoms with Gasteiger partial charge >= 0.3 is 0 Å². The monoisotopic (exact) mass is 250 g/mol. The largest absolute Gasteiger partial charge is 0.394 e. The highest BCUT2D eigenvalue weighted by Gasteiger charge is 2.35. The van der Waals surface area contributed by atoms with Crippen molar-refractivity contribution in [1.29, 1.82) is 0 Å². The number of aromatic nitrogens is 3. The van der Waals surface area contributed by atoms with Crippen molar-refractivity contribution < 1.29 is 14.9 Å². The first kappa shape index (κ1) is 11.4. The van der Waals surface area contributed by atoms with Gasteiger partial charge in [-0.05, 0) is 0 Å². The van der Waals surface area contributed by atoms with E-state index >= 15 is 0 Å². The number of aliphatic hydroxyl groups excluding tert-OH is 2. The van der Waals surface area contributed by atoms with Crippen molar-refractivity contribution in [2.45, 2.75) is 24.7 Å². The molecule has 3 rings (SSSR count). The summed E-state index contributed by atoms with van der Waals surface area (Å²) in [6.07, 6.45) is 2.05. The van der Waals surface area contributed by atoms with Gasteiger partial charge in [-0.1, -0.05) is 0 Å². The number of aromatic amines is 1. The summed E-state index contributed by atoms with van der Waals surface area (Å²) < 4.78 is 5.60. The highest BCUT2D eigenvalue weighted by Crippen LogP contribution is 2.36. The molecule has 3 heterocycles. The number of rotatable bonds is 2. The fourth-order valence-electron chi connectivity index (χ4n) is 2.31. The van der Waals surface area contributed by atoms with Crippen molar-refractivity contribution in [3.63, 3.8) is 0 Å². The first-order chi connectivity index (χ1) is 8.70. The molecule has 1 saturated heterocycles. The summed E-state index contributed by atoms with van der Waals surface area (Å²) in [7, 11) is 0. The molecule has 0 aromatic carbocycles. The normalized spacial score (nSPS) is 28.0. The van der Waals surface area contributed by atoms with Gasteiger partial charge < -0.3 is 25.7 Å². The minimum Gasteiger partial charge on any atom is -0.394 e. The number of pyridine rings is 1. The second kappa shape index (κ2) is 4.20. The van der Waals surface area contributed by atoms with E-state index in [1.807, 2.05) is 0 Å². The molecule has 1 fully saturated rings. The molecule has 0 radical (unpaired) electrons. The van der Waals surface area contributed by atoms with Gasteiger partial charge in [-0.2, -0.15) is 0 Å². The molecule has 0 bridgehead atoms. The molecule has 0 unspecified atom stereocenters. The van der Waals surface area contributed by atoms with Crippen molar-refractivity contribution in [2.75, 3.05) is 12.3 Å². The molecule has 3 atom stereocenters. The molecule has 7 heteroatoms. The van der Waals surface area contributed by atoms with Gasteiger partial charge in [0.15, 0.2) is 5.82 Å². The van der Waals surface area contributed by atoms with Crippen LogP contribution in [0.15, 0.2) is 12.5 Å². The lowest BCUT2D eigenvalue weighted by Gasteiger charge is -2.12. The van der Waals surface area contributed by atoms with E-state index in [1.165, 1.54) is 0 Å². The lowest BCUT2D eigenvalue weighted by Crippen LogP contribution is -2.24. The molecule has 0 saturated carbocycles. The molecule has 1 aliphatic rings. The first-order valence-electron chi connectivity index (χ1n) is 5.72. The predicted octanol–water partition coefficient (Wildman–Crippen LogP) is -0.277. The smallest absolute Gasteiger partial charge is 0.151 e. The number of H-pyrrole nitrogens is 1. The first-order valence-corrected chi connectivity index (χ1v) is 5.72. The molecule has 1 aliphatic heterocycles. The van der Waals surface area contributed by atoms with Gasteiger partial charge in [-0.3, -0.25) is 0 Å². The molecular formula is C11H14N4O3. The zero-order valence-electron chi connectivity index (χ0n) is 9.58. The Labute approximate surface area is 103 Å². The molecule has 2 aromatic heterocycles. The summed E-state index contributed by atoms with van der Waals surface area (Å²) in [5, 5.41) is 18.8. The van der Waals surface area contributed by atoms with Gasteiger partial charge in [-0.15, -0.1) is 0 Å². The Morgan fingerprint density at radius 1 is 1.50 bits per heavy atom. The molecule has 0 aliphatic carbocycles. The third kappa shape index (κ3) is 1.64. The Bertz CT molecular complexity index is 570. The molecular weight excluding hydrogens is 236 g/mol. The van der Waals surface area contributed by atoms with Crippen LogP contribution in [0.1, 0.15) is 18.1 Å². The number of fused-ring (bicyclic) bond motifs is 1. The van der Waals surface area contributed by atoms with Crippen LogP contribution in [-0.2, 0) is 4.74 Å². The Balaban J connectivity index is 2.01. The van der Waals surface area contributed by atoms with Crippen molar-refractivity contribution in [1.82, 2.24) is 15.0 Å². The van der Waals surface area contributed by atoms with Crippen molar-refractivity contribution in [2.24, 2.45) is 0 Å². The van der Waals surface area contributed by atoms with E-state index in [0.717, 1.165) is 11.1 Å². The van der Waals surface area contributed by atoms with Gasteiger partial charge in [0.25, 0.3) is 0 Å². The molecule has 5 N–H and O–H groups in total. The van der Waals surface area contributed by atoms with Crippen LogP contribution in [-0.4, -0.2) is 44.0 Å². The Hall–Kier alpha value is -1.70. The number of nitrogens with one attached hydrogen (secondary N) is 1. The van der Waals surface area contributed by atoms with Gasteiger partial charge in [-0.25, -0.2) is 9.97 Å². The van der Waals surface area contributed by atoms with E-state index in [-0.39, 0.29) is 12.7 Å². The number of hydrogen-bond donors (Lipinski definition) is 4. The van der Waals surface area contributed by atoms with Crippen LogP contribution in [0, 0.1) is 0 Å². The van der Waals surface area contributed by atoms with E-state index < -0.39 is 12.2 Å². The lowest BCUT2D eigenvalue weighted by molar-refractivity contribution is -0.0223. The van der Waals surface area contributed by atoms with Crippen molar-refractivity contribution >= 4 is 16.9 Å². The van der Waals surface area contributed by atoms with E-state index in [1.54, 1.807) is 12.5 Å². The minimum absolute atomic E-state index is 0.202. The van der Waals surface area contributed by atoms with Crippen LogP contribution in [0.4, 0.5) is 5.82 Å². The summed E-state index contributed by atoms with van der Waals surface area (Å²) in [6.45, 7) is -0.202. The SMILES string of the molecule is Nc1ncc([C@H]2C[C@H](O)[C@@H](CO)O2)c2[nH]cnc12. The summed E-state index contributed by atoms with van der Waals surface area (Å²) in [5.74, 6) is 0.354. The van der Waals surface area contributed by atoms with E-state index in [4.69, 9.17) is 15.6 Å². The average molecular weight is 250 g/mol. The van der Waals surface area contributed by atoms with Gasteiger partial charge in [0.05, 0.1) is 30.7 Å². The molecule has 0 spiro atoms. The van der Waals surface area contributed by atoms with Crippen LogP contribution in [0.25, 0.3) is 11.0 Å². The number of nitrogen functional groups attached to an aromatic ring is 1. The van der Waals surface area contributed by atoms with Gasteiger partial charge in [0.2, 0.25) is 0 Å². The standard InChI is InChI=1S/C11H14N4O3/c12-11-10-9(14-4-15-10)5(2-13-11)7-1-6(17)8(3-16)18-7/h2,4,6-8,16-17H,1,3H2,(H2,12,13)(H,14,15)/t6-,7+,8+/m0/s1. The Morgan fingerprint density at radius 2 is 2.33 bits per heavy atom. The topological polar surface area (TPSA) is 117 Å². The van der Waals surface area contributed by atoms with Crippen LogP contribution in [0.3, 0.4) is 0 Å². The highest BCUT2D eigenvalue weighted by atomic mass is 16.5. The number of anilines is 1. The minimum atomic E-state index is -0.671. The van der Waals surface area contributed by atoms with E-state index in [9.17, 15) is 5.11 Å². The van der Waals surface area contributed by atoms with Crippen molar-refractivity contribution in [3.05, 3.63) is 18.1 Å². The maximum atomic E-state index is 9.74. The zero-order chi connectivity index (χ0) is 12.7. The summed E-state index contributed by atoms with van der Waals surface area (Å²) in [4.78, 5) is 11.2. The fourth-order valence-corrected chi connectivity index (χ4v) is 2.31. The maximum absolute atomic E-state index is 9.74. The van der Waals surface area contributed by atoms with Crippen LogP contribution in [0.2, 0.25) is 0 Å². The number of imidazole rings is 1. The number of ether oxygens (including phenoxy) is 1. The number of nitrogens with zero attached hydrogens (tertiary/aromatic N) is 2. The van der Waals surface area contributed by atoms with Crippen LogP contribution in [0.5, 0.6) is 0 Å². The predicted molar refractivity (Wildman–Crippen MR) is 63.6 cm³/mol. The molecule has 96 valence electrons. The van der Waals surface area contributed by atoms with E-state index in [0.29, 0.717) is 17.8 Å². The summed E-state index contributed by atoms with van der Waals surface area (Å²) in [6, 6.07) is 0. The second-order valence-corrected chi connectivity index (χ2v) is 4.37. The third-order valence-corrected chi connectivity index (χ3v) is 3.26. The van der Waals surface area contributed by atoms with E-state index in [2.05, 4.69) is 15.0 Å². The summed E-state index contributed by atoms with van der Waals surface area (Å²) in [5.41, 5.74) is 7.88. The molecule has 0 amide bonds. The quantitative estimate of drug-likeness (QED) is 0.582. The van der Waals surface area contributed by atoms with Gasteiger partial charge in [0.1, 0.15) is 11.6 Å². The number of aliphatic hydroxyl groups is 2. The molecule has 2 aromatic rings. The zero-order valence-corrected chi connectivity index (χ0v) is 9.58. The van der Waals surface area contributed by atoms with Crippen molar-refractivity contribution in [3.8, 4) is 0 Å². The fraction of sp³-hybridized carbons (Fsp3) is 0.455. The number of hydrogen-bond acceptors (Lipinski definition) is 6. The second-order valence-electron chi connectivity index (χ2n) is 4.37. The Morgan fingerprint density at radius 3 is 3.06 bits per heavy atom. The lowest BCUT2D eigenvalue weighted by atomic mass is 10.1. The summed E-state index contributed by atoms with van der Waals surface area (Å²) >= 11 is 0. The van der Waals surface area contributed by atoms with Crippen LogP contribution >= 0.6 is 0 Å². The average Bonchev–Trinajstić information content (AvgIpc) is 2.96. The Kier molecular flexibility index (Phi) is 2.66. The van der Waals surface area contributed by atoms with Gasteiger partial charge in [0, 0.05) is 18.2 Å². The number of nitrogens with two attached hydrogens (primary N) is 1. The highest BCUT2D eigenvalue weighted by molar-refractivity contribution is 5.86. The van der Waals surface area contributed by atoms with Crippen LogP contribution < -0.4 is 5.73 Å². The maximum Gasteiger partial charge on any atom is 0.151 e. The molecule has 18 heavy (non-hydrogen) atoms. The third-order valence-electron chi connectivity index (χ3n) is 3.26. The molecule has 7 nitrogen and oxygen atoms in total.